The summed E-state index contributed by atoms with van der Waals surface area (Å²) in [6.45, 7) is 2.20. The van der Waals surface area contributed by atoms with E-state index in [2.05, 4.69) is 4.74 Å². The van der Waals surface area contributed by atoms with Gasteiger partial charge in [-0.3, -0.25) is 0 Å². The first-order valence-corrected chi connectivity index (χ1v) is 7.65. The second-order valence-electron chi connectivity index (χ2n) is 4.56. The topological polar surface area (TPSA) is 72.9 Å². The average molecular weight is 299 g/mol. The van der Waals surface area contributed by atoms with Gasteiger partial charge in [0.2, 0.25) is 10.0 Å². The molecule has 1 fully saturated rings. The number of morpholine rings is 1. The van der Waals surface area contributed by atoms with E-state index in [0.29, 0.717) is 0 Å². The summed E-state index contributed by atoms with van der Waals surface area (Å²) in [6, 6.07) is 6.68. The molecule has 0 bridgehead atoms. The molecule has 1 aliphatic heterocycles. The van der Waals surface area contributed by atoms with Gasteiger partial charge in [0.25, 0.3) is 0 Å². The molecule has 0 N–H and O–H groups in total. The van der Waals surface area contributed by atoms with Gasteiger partial charge in [-0.2, -0.15) is 4.31 Å². The summed E-state index contributed by atoms with van der Waals surface area (Å²) in [6.07, 6.45) is -0.867. The number of ether oxygens (including phenoxy) is 2. The van der Waals surface area contributed by atoms with Gasteiger partial charge < -0.3 is 9.47 Å². The molecule has 0 spiro atoms. The summed E-state index contributed by atoms with van der Waals surface area (Å²) in [4.78, 5) is 11.7. The molecule has 2 rings (SSSR count). The molecule has 1 heterocycles. The number of esters is 1. The highest BCUT2D eigenvalue weighted by molar-refractivity contribution is 7.89. The number of nitrogens with zero attached hydrogens (tertiary/aromatic N) is 1. The number of methoxy groups -OCH3 is 1. The minimum absolute atomic E-state index is 0.0249. The van der Waals surface area contributed by atoms with Crippen LogP contribution in [0.5, 0.6) is 0 Å². The number of carbonyl (C=O) groups excluding carboxylic acids is 1. The lowest BCUT2D eigenvalue weighted by Crippen LogP contribution is -2.48. The van der Waals surface area contributed by atoms with Crippen LogP contribution >= 0.6 is 0 Å². The van der Waals surface area contributed by atoms with Gasteiger partial charge in [0.1, 0.15) is 0 Å². The molecule has 0 aliphatic carbocycles. The summed E-state index contributed by atoms with van der Waals surface area (Å²) in [7, 11) is -2.36. The summed E-state index contributed by atoms with van der Waals surface area (Å²) in [5, 5.41) is 0. The monoisotopic (exact) mass is 299 g/mol. The van der Waals surface area contributed by atoms with Crippen molar-refractivity contribution in [2.75, 3.05) is 26.8 Å². The second kappa shape index (κ2) is 5.90. The van der Waals surface area contributed by atoms with Crippen molar-refractivity contribution in [3.05, 3.63) is 29.8 Å². The lowest BCUT2D eigenvalue weighted by Gasteiger charge is -2.30. The van der Waals surface area contributed by atoms with E-state index in [9.17, 15) is 13.2 Å². The molecule has 0 radical (unpaired) electrons. The van der Waals surface area contributed by atoms with Crippen LogP contribution in [0.3, 0.4) is 0 Å². The molecule has 1 atom stereocenters. The Kier molecular flexibility index (Phi) is 4.42. The Balaban J connectivity index is 2.23. The van der Waals surface area contributed by atoms with E-state index in [-0.39, 0.29) is 24.6 Å². The number of carbonyl (C=O) groups is 1. The van der Waals surface area contributed by atoms with Crippen LogP contribution in [0.1, 0.15) is 5.56 Å². The predicted molar refractivity (Wildman–Crippen MR) is 71.7 cm³/mol. The molecule has 0 aromatic heterocycles. The van der Waals surface area contributed by atoms with E-state index in [1.165, 1.54) is 11.4 Å². The maximum absolute atomic E-state index is 12.5. The first kappa shape index (κ1) is 15.0. The van der Waals surface area contributed by atoms with Gasteiger partial charge in [-0.05, 0) is 24.6 Å². The lowest BCUT2D eigenvalue weighted by atomic mass is 10.2. The van der Waals surface area contributed by atoms with Gasteiger partial charge >= 0.3 is 5.97 Å². The predicted octanol–water partition coefficient (Wildman–Crippen LogP) is 0.558. The largest absolute Gasteiger partial charge is 0.467 e. The molecule has 1 aromatic rings. The molecular formula is C13H17NO5S. The van der Waals surface area contributed by atoms with Crippen LogP contribution in [-0.4, -0.2) is 51.6 Å². The molecule has 0 saturated carbocycles. The van der Waals surface area contributed by atoms with Crippen LogP contribution in [0.2, 0.25) is 0 Å². The van der Waals surface area contributed by atoms with Crippen LogP contribution < -0.4 is 0 Å². The number of sulfonamides is 1. The number of hydrogen-bond acceptors (Lipinski definition) is 5. The number of hydrogen-bond donors (Lipinski definition) is 0. The Morgan fingerprint density at radius 3 is 2.85 bits per heavy atom. The van der Waals surface area contributed by atoms with Crippen LogP contribution in [-0.2, 0) is 24.3 Å². The van der Waals surface area contributed by atoms with Crippen LogP contribution in [0.4, 0.5) is 0 Å². The second-order valence-corrected chi connectivity index (χ2v) is 6.50. The van der Waals surface area contributed by atoms with E-state index in [1.807, 2.05) is 13.0 Å². The van der Waals surface area contributed by atoms with Crippen molar-refractivity contribution >= 4 is 16.0 Å². The summed E-state index contributed by atoms with van der Waals surface area (Å²) in [5.41, 5.74) is 0.865. The third-order valence-corrected chi connectivity index (χ3v) is 4.98. The molecule has 6 nitrogen and oxygen atoms in total. The maximum Gasteiger partial charge on any atom is 0.336 e. The van der Waals surface area contributed by atoms with Crippen molar-refractivity contribution in [1.82, 2.24) is 4.31 Å². The van der Waals surface area contributed by atoms with Crippen molar-refractivity contribution in [3.8, 4) is 0 Å². The number of rotatable bonds is 3. The third kappa shape index (κ3) is 3.00. The van der Waals surface area contributed by atoms with Crippen molar-refractivity contribution in [1.29, 1.82) is 0 Å². The van der Waals surface area contributed by atoms with Crippen molar-refractivity contribution in [2.24, 2.45) is 0 Å². The standard InChI is InChI=1S/C13H17NO5S/c1-10-4-3-5-11(8-10)20(16,17)14-6-7-19-12(9-14)13(15)18-2/h3-5,8,12H,6-7,9H2,1-2H3. The Bertz CT molecular complexity index is 599. The Morgan fingerprint density at radius 1 is 1.45 bits per heavy atom. The molecule has 20 heavy (non-hydrogen) atoms. The first-order valence-electron chi connectivity index (χ1n) is 6.21. The highest BCUT2D eigenvalue weighted by atomic mass is 32.2. The van der Waals surface area contributed by atoms with Gasteiger partial charge in [-0.25, -0.2) is 13.2 Å². The van der Waals surface area contributed by atoms with E-state index >= 15 is 0 Å². The molecule has 7 heteroatoms. The molecule has 1 aliphatic rings. The van der Waals surface area contributed by atoms with Crippen LogP contribution in [0.25, 0.3) is 0 Å². The lowest BCUT2D eigenvalue weighted by molar-refractivity contribution is -0.157. The molecular weight excluding hydrogens is 282 g/mol. The van der Waals surface area contributed by atoms with Crippen LogP contribution in [0, 0.1) is 6.92 Å². The third-order valence-electron chi connectivity index (χ3n) is 3.12. The fourth-order valence-electron chi connectivity index (χ4n) is 2.04. The molecule has 1 aromatic carbocycles. The average Bonchev–Trinajstić information content (AvgIpc) is 2.46. The van der Waals surface area contributed by atoms with E-state index in [1.54, 1.807) is 18.2 Å². The van der Waals surface area contributed by atoms with Crippen molar-refractivity contribution in [2.45, 2.75) is 17.9 Å². The highest BCUT2D eigenvalue weighted by Gasteiger charge is 2.34. The molecule has 0 amide bonds. The fourth-order valence-corrected chi connectivity index (χ4v) is 3.57. The van der Waals surface area contributed by atoms with Crippen molar-refractivity contribution in [3.63, 3.8) is 0 Å². The Labute approximate surface area is 118 Å². The van der Waals surface area contributed by atoms with E-state index in [0.717, 1.165) is 5.56 Å². The fraction of sp³-hybridized carbons (Fsp3) is 0.462. The molecule has 1 unspecified atom stereocenters. The van der Waals surface area contributed by atoms with Crippen LogP contribution in [0.15, 0.2) is 29.2 Å². The van der Waals surface area contributed by atoms with E-state index < -0.39 is 22.1 Å². The van der Waals surface area contributed by atoms with Gasteiger partial charge in [-0.15, -0.1) is 0 Å². The number of aryl methyl sites for hydroxylation is 1. The summed E-state index contributed by atoms with van der Waals surface area (Å²) in [5.74, 6) is -0.561. The normalized spacial score (nSPS) is 20.6. The first-order chi connectivity index (χ1) is 9.45. The smallest absolute Gasteiger partial charge is 0.336 e. The zero-order chi connectivity index (χ0) is 14.8. The van der Waals surface area contributed by atoms with Gasteiger partial charge in [0.15, 0.2) is 6.10 Å². The molecule has 1 saturated heterocycles. The van der Waals surface area contributed by atoms with Gasteiger partial charge in [0, 0.05) is 6.54 Å². The van der Waals surface area contributed by atoms with Crippen molar-refractivity contribution < 1.29 is 22.7 Å². The Morgan fingerprint density at radius 2 is 2.20 bits per heavy atom. The minimum Gasteiger partial charge on any atom is -0.467 e. The number of benzene rings is 1. The Hall–Kier alpha value is -1.44. The highest BCUT2D eigenvalue weighted by Crippen LogP contribution is 2.20. The van der Waals surface area contributed by atoms with Gasteiger partial charge in [0.05, 0.1) is 25.2 Å². The maximum atomic E-state index is 12.5. The SMILES string of the molecule is COC(=O)C1CN(S(=O)(=O)c2cccc(C)c2)CCO1. The van der Waals surface area contributed by atoms with Gasteiger partial charge in [-0.1, -0.05) is 12.1 Å². The zero-order valence-electron chi connectivity index (χ0n) is 11.4. The minimum atomic E-state index is -3.61. The van der Waals surface area contributed by atoms with E-state index in [4.69, 9.17) is 4.74 Å². The summed E-state index contributed by atoms with van der Waals surface area (Å²) < 4.78 is 36.1. The summed E-state index contributed by atoms with van der Waals surface area (Å²) >= 11 is 0. The molecule has 110 valence electrons. The quantitative estimate of drug-likeness (QED) is 0.762. The zero-order valence-corrected chi connectivity index (χ0v) is 12.2.